The molecule has 7 nitrogen and oxygen atoms in total. The molecule has 0 aliphatic carbocycles. The van der Waals surface area contributed by atoms with Gasteiger partial charge in [-0.15, -0.1) is 0 Å². The van der Waals surface area contributed by atoms with E-state index in [1.54, 1.807) is 43.1 Å². The van der Waals surface area contributed by atoms with Crippen molar-refractivity contribution in [3.05, 3.63) is 59.0 Å². The molecule has 0 spiro atoms. The minimum absolute atomic E-state index is 0.0959. The molecule has 3 heterocycles. The summed E-state index contributed by atoms with van der Waals surface area (Å²) in [6, 6.07) is 10.3. The smallest absolute Gasteiger partial charge is 0.324 e. The molecular formula is C22H24ClN3O4S. The first-order valence-electron chi connectivity index (χ1n) is 10.2. The fourth-order valence-corrected chi connectivity index (χ4v) is 5.02. The van der Waals surface area contributed by atoms with E-state index >= 15 is 0 Å². The van der Waals surface area contributed by atoms with Crippen LogP contribution >= 0.6 is 23.4 Å². The zero-order valence-corrected chi connectivity index (χ0v) is 18.8. The molecule has 0 N–H and O–H groups in total. The van der Waals surface area contributed by atoms with Crippen LogP contribution in [-0.2, 0) is 14.3 Å². The van der Waals surface area contributed by atoms with Crippen LogP contribution in [0.15, 0.2) is 52.2 Å². The third-order valence-electron chi connectivity index (χ3n) is 5.35. The van der Waals surface area contributed by atoms with Gasteiger partial charge >= 0.3 is 5.97 Å². The second-order valence-electron chi connectivity index (χ2n) is 7.34. The number of halogens is 1. The first kappa shape index (κ1) is 21.9. The number of hydrogen-bond donors (Lipinski definition) is 0. The van der Waals surface area contributed by atoms with Crippen LogP contribution in [0, 0.1) is 0 Å². The van der Waals surface area contributed by atoms with Crippen LogP contribution in [0.3, 0.4) is 0 Å². The molecule has 4 rings (SSSR count). The van der Waals surface area contributed by atoms with Crippen LogP contribution in [0.4, 0.5) is 0 Å². The van der Waals surface area contributed by atoms with Crippen molar-refractivity contribution in [1.29, 1.82) is 0 Å². The van der Waals surface area contributed by atoms with Gasteiger partial charge in [-0.25, -0.2) is 5.01 Å². The minimum Gasteiger partial charge on any atom is -0.467 e. The van der Waals surface area contributed by atoms with E-state index in [9.17, 15) is 9.59 Å². The molecule has 9 heteroatoms. The van der Waals surface area contributed by atoms with Crippen LogP contribution in [0.2, 0.25) is 5.02 Å². The second kappa shape index (κ2) is 9.89. The Hall–Kier alpha value is -2.29. The number of carbonyl (C=O) groups excluding carboxylic acids is 2. The van der Waals surface area contributed by atoms with Crippen molar-refractivity contribution < 1.29 is 18.7 Å². The number of thioether (sulfide) groups is 1. The van der Waals surface area contributed by atoms with Crippen LogP contribution in [0.25, 0.3) is 0 Å². The first-order valence-corrected chi connectivity index (χ1v) is 11.8. The highest BCUT2D eigenvalue weighted by molar-refractivity contribution is 7.99. The van der Waals surface area contributed by atoms with Gasteiger partial charge < -0.3 is 9.15 Å². The predicted molar refractivity (Wildman–Crippen MR) is 120 cm³/mol. The summed E-state index contributed by atoms with van der Waals surface area (Å²) < 4.78 is 10.8. The van der Waals surface area contributed by atoms with Crippen molar-refractivity contribution >= 4 is 41.0 Å². The lowest BCUT2D eigenvalue weighted by Crippen LogP contribution is -2.51. The fourth-order valence-electron chi connectivity index (χ4n) is 3.79. The third kappa shape index (κ3) is 4.97. The monoisotopic (exact) mass is 461 g/mol. The van der Waals surface area contributed by atoms with Crippen molar-refractivity contribution in [1.82, 2.24) is 9.91 Å². The number of amides is 1. The van der Waals surface area contributed by atoms with Gasteiger partial charge in [-0.2, -0.15) is 16.9 Å². The maximum absolute atomic E-state index is 13.3. The lowest BCUT2D eigenvalue weighted by molar-refractivity contribution is -0.149. The zero-order chi connectivity index (χ0) is 21.8. The van der Waals surface area contributed by atoms with E-state index in [1.807, 2.05) is 23.1 Å². The van der Waals surface area contributed by atoms with E-state index in [2.05, 4.69) is 5.10 Å². The third-order valence-corrected chi connectivity index (χ3v) is 6.63. The molecule has 2 aliphatic rings. The maximum atomic E-state index is 13.3. The topological polar surface area (TPSA) is 75.3 Å². The van der Waals surface area contributed by atoms with Gasteiger partial charge in [-0.1, -0.05) is 23.7 Å². The van der Waals surface area contributed by atoms with Gasteiger partial charge in [-0.05, 0) is 36.8 Å². The van der Waals surface area contributed by atoms with E-state index in [4.69, 9.17) is 20.8 Å². The molecule has 0 saturated carbocycles. The standard InChI is InChI=1S/C22H24ClN3O4S/c1-2-29-22(28)19-14-31-11-9-25(19)13-21(27)26-18(20-4-3-10-30-20)12-17(24-26)15-5-7-16(23)8-6-15/h3-8,10,18-19H,2,9,11-14H2,1H3. The Kier molecular flexibility index (Phi) is 6.99. The number of carbonyl (C=O) groups is 2. The number of ether oxygens (including phenoxy) is 1. The SMILES string of the molecule is CCOC(=O)C1CSCCN1CC(=O)N1N=C(c2ccc(Cl)cc2)CC1c1ccco1. The minimum atomic E-state index is -0.424. The Morgan fingerprint density at radius 3 is 2.81 bits per heavy atom. The van der Waals surface area contributed by atoms with Crippen molar-refractivity contribution in [3.8, 4) is 0 Å². The summed E-state index contributed by atoms with van der Waals surface area (Å²) >= 11 is 7.71. The van der Waals surface area contributed by atoms with E-state index < -0.39 is 6.04 Å². The summed E-state index contributed by atoms with van der Waals surface area (Å²) in [5.74, 6) is 1.71. The number of benzene rings is 1. The molecule has 1 saturated heterocycles. The van der Waals surface area contributed by atoms with E-state index in [0.717, 1.165) is 17.0 Å². The number of esters is 1. The number of hydrazone groups is 1. The van der Waals surface area contributed by atoms with Crippen LogP contribution < -0.4 is 0 Å². The Bertz CT molecular complexity index is 948. The van der Waals surface area contributed by atoms with E-state index in [1.165, 1.54) is 5.01 Å². The van der Waals surface area contributed by atoms with Gasteiger partial charge in [-0.3, -0.25) is 14.5 Å². The number of hydrogen-bond acceptors (Lipinski definition) is 7. The Morgan fingerprint density at radius 2 is 2.10 bits per heavy atom. The second-order valence-corrected chi connectivity index (χ2v) is 8.93. The summed E-state index contributed by atoms with van der Waals surface area (Å²) in [6.45, 7) is 2.85. The van der Waals surface area contributed by atoms with Gasteiger partial charge in [0.25, 0.3) is 5.91 Å². The summed E-state index contributed by atoms with van der Waals surface area (Å²) in [4.78, 5) is 27.6. The number of nitrogens with zero attached hydrogens (tertiary/aromatic N) is 3. The molecule has 31 heavy (non-hydrogen) atoms. The highest BCUT2D eigenvalue weighted by atomic mass is 35.5. The maximum Gasteiger partial charge on any atom is 0.324 e. The molecule has 1 aromatic heterocycles. The highest BCUT2D eigenvalue weighted by Crippen LogP contribution is 2.33. The molecular weight excluding hydrogens is 438 g/mol. The normalized spacial score (nSPS) is 21.7. The summed E-state index contributed by atoms with van der Waals surface area (Å²) in [6.07, 6.45) is 2.13. The molecule has 164 valence electrons. The molecule has 1 aromatic carbocycles. The molecule has 1 fully saturated rings. The average molecular weight is 462 g/mol. The predicted octanol–water partition coefficient (Wildman–Crippen LogP) is 3.59. The lowest BCUT2D eigenvalue weighted by Gasteiger charge is -2.34. The van der Waals surface area contributed by atoms with Crippen molar-refractivity contribution in [2.75, 3.05) is 31.2 Å². The first-order chi connectivity index (χ1) is 15.1. The summed E-state index contributed by atoms with van der Waals surface area (Å²) in [7, 11) is 0. The molecule has 2 aromatic rings. The van der Waals surface area contributed by atoms with Crippen LogP contribution in [0.1, 0.15) is 30.7 Å². The van der Waals surface area contributed by atoms with Gasteiger partial charge in [0.2, 0.25) is 0 Å². The highest BCUT2D eigenvalue weighted by Gasteiger charge is 2.38. The Morgan fingerprint density at radius 1 is 1.29 bits per heavy atom. The number of rotatable bonds is 6. The van der Waals surface area contributed by atoms with Crippen molar-refractivity contribution in [3.63, 3.8) is 0 Å². The van der Waals surface area contributed by atoms with Gasteiger partial charge in [0.1, 0.15) is 17.8 Å². The molecule has 1 amide bonds. The quantitative estimate of drug-likeness (QED) is 0.612. The Labute approximate surface area is 190 Å². The van der Waals surface area contributed by atoms with Crippen molar-refractivity contribution in [2.45, 2.75) is 25.4 Å². The van der Waals surface area contributed by atoms with Gasteiger partial charge in [0.05, 0.1) is 25.1 Å². The molecule has 0 bridgehead atoms. The molecule has 2 unspecified atom stereocenters. The van der Waals surface area contributed by atoms with Crippen LogP contribution in [0.5, 0.6) is 0 Å². The van der Waals surface area contributed by atoms with Crippen molar-refractivity contribution in [2.24, 2.45) is 5.10 Å². The molecule has 0 radical (unpaired) electrons. The lowest BCUT2D eigenvalue weighted by atomic mass is 10.0. The zero-order valence-electron chi connectivity index (χ0n) is 17.2. The fraction of sp³-hybridized carbons (Fsp3) is 0.409. The van der Waals surface area contributed by atoms with Crippen LogP contribution in [-0.4, -0.2) is 64.7 Å². The Balaban J connectivity index is 1.55. The van der Waals surface area contributed by atoms with E-state index in [-0.39, 0.29) is 24.5 Å². The average Bonchev–Trinajstić information content (AvgIpc) is 3.45. The molecule has 2 atom stereocenters. The van der Waals surface area contributed by atoms with Gasteiger partial charge in [0.15, 0.2) is 0 Å². The van der Waals surface area contributed by atoms with E-state index in [0.29, 0.717) is 36.1 Å². The summed E-state index contributed by atoms with van der Waals surface area (Å²) in [5, 5.41) is 6.78. The summed E-state index contributed by atoms with van der Waals surface area (Å²) in [5.41, 5.74) is 1.71. The van der Waals surface area contributed by atoms with Gasteiger partial charge in [0, 0.05) is 29.5 Å². The molecule has 2 aliphatic heterocycles. The number of furan rings is 1. The largest absolute Gasteiger partial charge is 0.467 e.